The van der Waals surface area contributed by atoms with Gasteiger partial charge in [-0.1, -0.05) is 32.6 Å². The minimum Gasteiger partial charge on any atom is -0.468 e. The SMILES string of the molecule is CCCCCCCNC(C)(C)C(=O)OC. The molecule has 1 N–H and O–H groups in total. The predicted molar refractivity (Wildman–Crippen MR) is 62.9 cm³/mol. The van der Waals surface area contributed by atoms with Crippen LogP contribution in [0.5, 0.6) is 0 Å². The van der Waals surface area contributed by atoms with E-state index in [1.54, 1.807) is 0 Å². The zero-order valence-corrected chi connectivity index (χ0v) is 10.6. The van der Waals surface area contributed by atoms with Crippen LogP contribution in [-0.4, -0.2) is 25.2 Å². The summed E-state index contributed by atoms with van der Waals surface area (Å²) in [6.07, 6.45) is 6.22. The molecule has 0 aromatic carbocycles. The van der Waals surface area contributed by atoms with Crippen molar-refractivity contribution in [3.8, 4) is 0 Å². The van der Waals surface area contributed by atoms with Gasteiger partial charge in [0.1, 0.15) is 5.54 Å². The fourth-order valence-electron chi connectivity index (χ4n) is 1.46. The minimum absolute atomic E-state index is 0.198. The molecule has 0 saturated carbocycles. The second kappa shape index (κ2) is 7.69. The molecule has 3 nitrogen and oxygen atoms in total. The molecule has 15 heavy (non-hydrogen) atoms. The Hall–Kier alpha value is -0.570. The summed E-state index contributed by atoms with van der Waals surface area (Å²) in [4.78, 5) is 11.3. The van der Waals surface area contributed by atoms with E-state index in [0.717, 1.165) is 13.0 Å². The Balaban J connectivity index is 3.53. The van der Waals surface area contributed by atoms with E-state index in [4.69, 9.17) is 4.74 Å². The molecule has 0 aliphatic rings. The summed E-state index contributed by atoms with van der Waals surface area (Å²) in [5, 5.41) is 3.21. The van der Waals surface area contributed by atoms with E-state index < -0.39 is 5.54 Å². The first-order chi connectivity index (χ1) is 7.04. The highest BCUT2D eigenvalue weighted by molar-refractivity contribution is 5.79. The summed E-state index contributed by atoms with van der Waals surface area (Å²) in [7, 11) is 1.42. The van der Waals surface area contributed by atoms with Crippen LogP contribution >= 0.6 is 0 Å². The Morgan fingerprint density at radius 1 is 1.20 bits per heavy atom. The zero-order valence-electron chi connectivity index (χ0n) is 10.6. The first-order valence-corrected chi connectivity index (χ1v) is 5.88. The summed E-state index contributed by atoms with van der Waals surface area (Å²) < 4.78 is 4.71. The van der Waals surface area contributed by atoms with E-state index in [0.29, 0.717) is 0 Å². The number of hydrogen-bond acceptors (Lipinski definition) is 3. The predicted octanol–water partition coefficient (Wildman–Crippen LogP) is 2.50. The molecule has 0 unspecified atom stereocenters. The lowest BCUT2D eigenvalue weighted by atomic mass is 10.1. The maximum atomic E-state index is 11.3. The number of hydrogen-bond donors (Lipinski definition) is 1. The largest absolute Gasteiger partial charge is 0.468 e. The van der Waals surface area contributed by atoms with Crippen molar-refractivity contribution < 1.29 is 9.53 Å². The van der Waals surface area contributed by atoms with Crippen molar-refractivity contribution in [2.24, 2.45) is 0 Å². The zero-order chi connectivity index (χ0) is 11.7. The quantitative estimate of drug-likeness (QED) is 0.499. The van der Waals surface area contributed by atoms with Crippen LogP contribution in [-0.2, 0) is 9.53 Å². The van der Waals surface area contributed by atoms with Crippen molar-refractivity contribution in [3.05, 3.63) is 0 Å². The first-order valence-electron chi connectivity index (χ1n) is 5.88. The first kappa shape index (κ1) is 14.4. The van der Waals surface area contributed by atoms with Gasteiger partial charge in [-0.15, -0.1) is 0 Å². The third-order valence-corrected chi connectivity index (χ3v) is 2.54. The van der Waals surface area contributed by atoms with Crippen molar-refractivity contribution in [2.75, 3.05) is 13.7 Å². The van der Waals surface area contributed by atoms with Crippen LogP contribution in [0, 0.1) is 0 Å². The Bertz CT molecular complexity index is 178. The van der Waals surface area contributed by atoms with Crippen LogP contribution in [0.15, 0.2) is 0 Å². The number of carbonyl (C=O) groups excluding carboxylic acids is 1. The highest BCUT2D eigenvalue weighted by atomic mass is 16.5. The topological polar surface area (TPSA) is 38.3 Å². The molecule has 0 fully saturated rings. The number of ether oxygens (including phenoxy) is 1. The van der Waals surface area contributed by atoms with Gasteiger partial charge in [0.15, 0.2) is 0 Å². The van der Waals surface area contributed by atoms with Gasteiger partial charge in [-0.3, -0.25) is 4.79 Å². The molecule has 3 heteroatoms. The molecular formula is C12H25NO2. The highest BCUT2D eigenvalue weighted by Crippen LogP contribution is 2.06. The second-order valence-corrected chi connectivity index (χ2v) is 4.46. The molecule has 0 aromatic heterocycles. The number of rotatable bonds is 8. The standard InChI is InChI=1S/C12H25NO2/c1-5-6-7-8-9-10-13-12(2,3)11(14)15-4/h13H,5-10H2,1-4H3. The van der Waals surface area contributed by atoms with Gasteiger partial charge in [-0.05, 0) is 26.8 Å². The Labute approximate surface area is 93.6 Å². The van der Waals surface area contributed by atoms with Crippen LogP contribution in [0.2, 0.25) is 0 Å². The molecule has 0 spiro atoms. The summed E-state index contributed by atoms with van der Waals surface area (Å²) in [6, 6.07) is 0. The molecule has 0 rings (SSSR count). The van der Waals surface area contributed by atoms with Crippen LogP contribution in [0.1, 0.15) is 52.9 Å². The highest BCUT2D eigenvalue weighted by Gasteiger charge is 2.27. The van der Waals surface area contributed by atoms with Crippen molar-refractivity contribution in [1.29, 1.82) is 0 Å². The Kier molecular flexibility index (Phi) is 7.39. The van der Waals surface area contributed by atoms with Crippen molar-refractivity contribution in [3.63, 3.8) is 0 Å². The van der Waals surface area contributed by atoms with Gasteiger partial charge < -0.3 is 10.1 Å². The molecule has 0 aliphatic heterocycles. The number of methoxy groups -OCH3 is 1. The fraction of sp³-hybridized carbons (Fsp3) is 0.917. The molecule has 90 valence electrons. The molecule has 0 radical (unpaired) electrons. The van der Waals surface area contributed by atoms with E-state index in [-0.39, 0.29) is 5.97 Å². The molecule has 0 heterocycles. The molecular weight excluding hydrogens is 190 g/mol. The van der Waals surface area contributed by atoms with Gasteiger partial charge in [0.25, 0.3) is 0 Å². The maximum Gasteiger partial charge on any atom is 0.325 e. The number of carbonyl (C=O) groups is 1. The van der Waals surface area contributed by atoms with Crippen molar-refractivity contribution >= 4 is 5.97 Å². The van der Waals surface area contributed by atoms with Crippen molar-refractivity contribution in [2.45, 2.75) is 58.4 Å². The van der Waals surface area contributed by atoms with Gasteiger partial charge in [0.2, 0.25) is 0 Å². The summed E-state index contributed by atoms with van der Waals surface area (Å²) >= 11 is 0. The number of unbranched alkanes of at least 4 members (excludes halogenated alkanes) is 4. The summed E-state index contributed by atoms with van der Waals surface area (Å²) in [5.74, 6) is -0.198. The van der Waals surface area contributed by atoms with Gasteiger partial charge in [-0.25, -0.2) is 0 Å². The van der Waals surface area contributed by atoms with E-state index in [2.05, 4.69) is 12.2 Å². The molecule has 0 atom stereocenters. The monoisotopic (exact) mass is 215 g/mol. The summed E-state index contributed by atoms with van der Waals surface area (Å²) in [6.45, 7) is 6.79. The summed E-state index contributed by atoms with van der Waals surface area (Å²) in [5.41, 5.74) is -0.556. The normalized spacial score (nSPS) is 11.5. The van der Waals surface area contributed by atoms with Gasteiger partial charge in [-0.2, -0.15) is 0 Å². The lowest BCUT2D eigenvalue weighted by Crippen LogP contribution is -2.47. The maximum absolute atomic E-state index is 11.3. The number of nitrogens with one attached hydrogen (secondary N) is 1. The van der Waals surface area contributed by atoms with Crippen LogP contribution in [0.4, 0.5) is 0 Å². The van der Waals surface area contributed by atoms with E-state index in [9.17, 15) is 4.79 Å². The van der Waals surface area contributed by atoms with E-state index in [1.165, 1.54) is 32.8 Å². The van der Waals surface area contributed by atoms with Crippen LogP contribution in [0.25, 0.3) is 0 Å². The van der Waals surface area contributed by atoms with E-state index in [1.807, 2.05) is 13.8 Å². The lowest BCUT2D eigenvalue weighted by Gasteiger charge is -2.23. The second-order valence-electron chi connectivity index (χ2n) is 4.46. The minimum atomic E-state index is -0.556. The number of esters is 1. The van der Waals surface area contributed by atoms with Crippen LogP contribution < -0.4 is 5.32 Å². The third kappa shape index (κ3) is 6.50. The van der Waals surface area contributed by atoms with Crippen molar-refractivity contribution in [1.82, 2.24) is 5.32 Å². The average molecular weight is 215 g/mol. The molecule has 0 amide bonds. The molecule has 0 aliphatic carbocycles. The average Bonchev–Trinajstić information content (AvgIpc) is 2.22. The Morgan fingerprint density at radius 3 is 2.33 bits per heavy atom. The van der Waals surface area contributed by atoms with Gasteiger partial charge in [0, 0.05) is 0 Å². The van der Waals surface area contributed by atoms with Crippen LogP contribution in [0.3, 0.4) is 0 Å². The Morgan fingerprint density at radius 2 is 1.80 bits per heavy atom. The third-order valence-electron chi connectivity index (χ3n) is 2.54. The van der Waals surface area contributed by atoms with E-state index >= 15 is 0 Å². The molecule has 0 bridgehead atoms. The van der Waals surface area contributed by atoms with Gasteiger partial charge in [0.05, 0.1) is 7.11 Å². The fourth-order valence-corrected chi connectivity index (χ4v) is 1.46. The smallest absolute Gasteiger partial charge is 0.325 e. The lowest BCUT2D eigenvalue weighted by molar-refractivity contribution is -0.147. The molecule has 0 saturated heterocycles. The van der Waals surface area contributed by atoms with Gasteiger partial charge >= 0.3 is 5.97 Å². The molecule has 0 aromatic rings.